The summed E-state index contributed by atoms with van der Waals surface area (Å²) >= 11 is 0. The number of hydrogen-bond donors (Lipinski definition) is 3. The summed E-state index contributed by atoms with van der Waals surface area (Å²) in [5.74, 6) is -0.0976. The third-order valence-corrected chi connectivity index (χ3v) is 4.31. The van der Waals surface area contributed by atoms with Crippen molar-refractivity contribution in [3.05, 3.63) is 42.0 Å². The lowest BCUT2D eigenvalue weighted by atomic mass is 9.78. The standard InChI is InChI=1S/C17H24O4/c1-12-15(9-8-13-6-4-3-5-7-13)21-16(14(19)11-18)10-17(12,2)20/h3-9,12,14-16,18-20H,10-11H2,1-2H3/b9-8+/t12-,14+,15+,16+,17-/m0/s1. The van der Waals surface area contributed by atoms with Gasteiger partial charge in [-0.25, -0.2) is 0 Å². The van der Waals surface area contributed by atoms with Gasteiger partial charge in [0.15, 0.2) is 0 Å². The molecule has 2 rings (SSSR count). The van der Waals surface area contributed by atoms with Crippen LogP contribution in [0.3, 0.4) is 0 Å². The van der Waals surface area contributed by atoms with Gasteiger partial charge in [-0.2, -0.15) is 0 Å². The molecule has 1 aromatic carbocycles. The molecule has 0 radical (unpaired) electrons. The molecule has 4 heteroatoms. The highest BCUT2D eigenvalue weighted by atomic mass is 16.5. The quantitative estimate of drug-likeness (QED) is 0.788. The molecule has 0 aliphatic carbocycles. The minimum absolute atomic E-state index is 0.0976. The van der Waals surface area contributed by atoms with Gasteiger partial charge in [-0.15, -0.1) is 0 Å². The molecule has 1 aliphatic heterocycles. The van der Waals surface area contributed by atoms with Crippen LogP contribution in [0.4, 0.5) is 0 Å². The predicted octanol–water partition coefficient (Wildman–Crippen LogP) is 1.60. The van der Waals surface area contributed by atoms with Crippen molar-refractivity contribution < 1.29 is 20.1 Å². The van der Waals surface area contributed by atoms with Crippen molar-refractivity contribution in [3.63, 3.8) is 0 Å². The van der Waals surface area contributed by atoms with Crippen LogP contribution < -0.4 is 0 Å². The summed E-state index contributed by atoms with van der Waals surface area (Å²) in [5, 5.41) is 29.4. The van der Waals surface area contributed by atoms with Gasteiger partial charge in [-0.3, -0.25) is 0 Å². The maximum Gasteiger partial charge on any atom is 0.103 e. The largest absolute Gasteiger partial charge is 0.394 e. The average Bonchev–Trinajstić information content (AvgIpc) is 2.48. The van der Waals surface area contributed by atoms with Crippen molar-refractivity contribution in [3.8, 4) is 0 Å². The second-order valence-electron chi connectivity index (χ2n) is 6.01. The van der Waals surface area contributed by atoms with Crippen molar-refractivity contribution in [2.45, 2.75) is 44.2 Å². The van der Waals surface area contributed by atoms with E-state index >= 15 is 0 Å². The van der Waals surface area contributed by atoms with Crippen molar-refractivity contribution in [1.82, 2.24) is 0 Å². The Hall–Kier alpha value is -1.20. The van der Waals surface area contributed by atoms with E-state index in [2.05, 4.69) is 0 Å². The molecule has 1 aliphatic rings. The topological polar surface area (TPSA) is 69.9 Å². The SMILES string of the molecule is C[C@H]1[C@@H](/C=C/c2ccccc2)O[C@@H]([C@H](O)CO)C[C@]1(C)O. The number of aliphatic hydroxyl groups is 3. The maximum absolute atomic E-state index is 10.5. The number of hydrogen-bond acceptors (Lipinski definition) is 4. The Morgan fingerprint density at radius 1 is 1.38 bits per heavy atom. The third kappa shape index (κ3) is 3.92. The molecule has 0 aromatic heterocycles. The summed E-state index contributed by atoms with van der Waals surface area (Å²) in [4.78, 5) is 0. The molecule has 1 aromatic rings. The van der Waals surface area contributed by atoms with Crippen LogP contribution in [0, 0.1) is 5.92 Å². The minimum atomic E-state index is -0.975. The molecule has 0 amide bonds. The highest BCUT2D eigenvalue weighted by Gasteiger charge is 2.44. The number of rotatable bonds is 4. The van der Waals surface area contributed by atoms with Gasteiger partial charge in [0.2, 0.25) is 0 Å². The van der Waals surface area contributed by atoms with Crippen LogP contribution in [-0.2, 0) is 4.74 Å². The van der Waals surface area contributed by atoms with Crippen molar-refractivity contribution in [1.29, 1.82) is 0 Å². The molecule has 0 saturated carbocycles. The molecule has 0 unspecified atom stereocenters. The molecule has 4 nitrogen and oxygen atoms in total. The van der Waals surface area contributed by atoms with Gasteiger partial charge >= 0.3 is 0 Å². The van der Waals surface area contributed by atoms with Crippen molar-refractivity contribution in [2.24, 2.45) is 5.92 Å². The molecule has 0 bridgehead atoms. The normalized spacial score (nSPS) is 35.0. The van der Waals surface area contributed by atoms with Crippen LogP contribution in [0.15, 0.2) is 36.4 Å². The van der Waals surface area contributed by atoms with E-state index in [4.69, 9.17) is 9.84 Å². The van der Waals surface area contributed by atoms with Crippen LogP contribution >= 0.6 is 0 Å². The lowest BCUT2D eigenvalue weighted by Crippen LogP contribution is -2.53. The zero-order valence-electron chi connectivity index (χ0n) is 12.5. The van der Waals surface area contributed by atoms with Gasteiger partial charge in [0.1, 0.15) is 6.10 Å². The van der Waals surface area contributed by atoms with Crippen LogP contribution in [0.1, 0.15) is 25.8 Å². The van der Waals surface area contributed by atoms with Gasteiger partial charge in [0, 0.05) is 12.3 Å². The van der Waals surface area contributed by atoms with E-state index in [9.17, 15) is 10.2 Å². The summed E-state index contributed by atoms with van der Waals surface area (Å²) < 4.78 is 5.85. The molecule has 1 fully saturated rings. The first-order valence-electron chi connectivity index (χ1n) is 7.34. The Bertz CT molecular complexity index is 469. The minimum Gasteiger partial charge on any atom is -0.394 e. The van der Waals surface area contributed by atoms with E-state index in [0.717, 1.165) is 5.56 Å². The van der Waals surface area contributed by atoms with E-state index < -0.39 is 17.8 Å². The molecule has 21 heavy (non-hydrogen) atoms. The molecule has 5 atom stereocenters. The van der Waals surface area contributed by atoms with E-state index in [1.165, 1.54) is 0 Å². The highest BCUT2D eigenvalue weighted by Crippen LogP contribution is 2.35. The Balaban J connectivity index is 2.14. The summed E-state index contributed by atoms with van der Waals surface area (Å²) in [6.07, 6.45) is 2.32. The first-order chi connectivity index (χ1) is 9.94. The Morgan fingerprint density at radius 2 is 2.05 bits per heavy atom. The van der Waals surface area contributed by atoms with Crippen LogP contribution in [0.2, 0.25) is 0 Å². The zero-order chi connectivity index (χ0) is 15.5. The second-order valence-corrected chi connectivity index (χ2v) is 6.01. The molecular weight excluding hydrogens is 268 g/mol. The lowest BCUT2D eigenvalue weighted by Gasteiger charge is -2.44. The molecule has 1 heterocycles. The van der Waals surface area contributed by atoms with Crippen LogP contribution in [0.5, 0.6) is 0 Å². The van der Waals surface area contributed by atoms with Gasteiger partial charge in [0.25, 0.3) is 0 Å². The van der Waals surface area contributed by atoms with E-state index in [1.54, 1.807) is 6.92 Å². The fourth-order valence-electron chi connectivity index (χ4n) is 2.64. The fraction of sp³-hybridized carbons (Fsp3) is 0.529. The van der Waals surface area contributed by atoms with Gasteiger partial charge in [-0.1, -0.05) is 49.4 Å². The average molecular weight is 292 g/mol. The van der Waals surface area contributed by atoms with E-state index in [0.29, 0.717) is 6.42 Å². The molecular formula is C17H24O4. The predicted molar refractivity (Wildman–Crippen MR) is 81.6 cm³/mol. The summed E-state index contributed by atoms with van der Waals surface area (Å²) in [5.41, 5.74) is 0.114. The van der Waals surface area contributed by atoms with Gasteiger partial charge < -0.3 is 20.1 Å². The Morgan fingerprint density at radius 3 is 2.67 bits per heavy atom. The molecule has 116 valence electrons. The smallest absolute Gasteiger partial charge is 0.103 e. The Labute approximate surface area is 125 Å². The second kappa shape index (κ2) is 6.71. The number of benzene rings is 1. The molecule has 0 spiro atoms. The summed E-state index contributed by atoms with van der Waals surface area (Å²) in [7, 11) is 0. The summed E-state index contributed by atoms with van der Waals surface area (Å²) in [6, 6.07) is 9.85. The lowest BCUT2D eigenvalue weighted by molar-refractivity contribution is -0.189. The van der Waals surface area contributed by atoms with Crippen LogP contribution in [-0.4, -0.2) is 45.8 Å². The molecule has 1 saturated heterocycles. The number of ether oxygens (including phenoxy) is 1. The monoisotopic (exact) mass is 292 g/mol. The maximum atomic E-state index is 10.5. The van der Waals surface area contributed by atoms with E-state index in [-0.39, 0.29) is 18.6 Å². The van der Waals surface area contributed by atoms with Crippen LogP contribution in [0.25, 0.3) is 6.08 Å². The summed E-state index contributed by atoms with van der Waals surface area (Å²) in [6.45, 7) is 3.31. The van der Waals surface area contributed by atoms with Crippen molar-refractivity contribution >= 4 is 6.08 Å². The molecule has 3 N–H and O–H groups in total. The third-order valence-electron chi connectivity index (χ3n) is 4.31. The van der Waals surface area contributed by atoms with Gasteiger partial charge in [-0.05, 0) is 12.5 Å². The van der Waals surface area contributed by atoms with Crippen molar-refractivity contribution in [2.75, 3.05) is 6.61 Å². The first-order valence-corrected chi connectivity index (χ1v) is 7.34. The Kier molecular flexibility index (Phi) is 5.17. The zero-order valence-corrected chi connectivity index (χ0v) is 12.5. The van der Waals surface area contributed by atoms with E-state index in [1.807, 2.05) is 49.4 Å². The first kappa shape index (κ1) is 16.2. The highest BCUT2D eigenvalue weighted by molar-refractivity contribution is 5.49. The fourth-order valence-corrected chi connectivity index (χ4v) is 2.64. The van der Waals surface area contributed by atoms with Gasteiger partial charge in [0.05, 0.1) is 24.4 Å². The number of aliphatic hydroxyl groups excluding tert-OH is 2.